The fraction of sp³-hybridized carbons (Fsp3) is 1.00. The molecule has 0 aliphatic heterocycles. The fourth-order valence-electron chi connectivity index (χ4n) is 0. The van der Waals surface area contributed by atoms with E-state index in [-0.39, 0.29) is 245 Å². The van der Waals surface area contributed by atoms with Crippen molar-refractivity contribution < 1.29 is 194 Å². The Morgan fingerprint density at radius 1 is 0.192 bits per heavy atom. The van der Waals surface area contributed by atoms with Crippen LogP contribution in [0.1, 0.15) is 0 Å². The van der Waals surface area contributed by atoms with Crippen LogP contribution in [0.4, 0.5) is 0 Å². The molecule has 0 spiro atoms. The zero-order chi connectivity index (χ0) is 16.0. The molecule has 0 aliphatic rings. The molecular weight excluding hydrogens is 2370 g/mol. The predicted molar refractivity (Wildman–Crippen MR) is 126 cm³/mol. The van der Waals surface area contributed by atoms with E-state index in [0.29, 0.717) is 0 Å². The van der Waals surface area contributed by atoms with E-state index in [1.807, 2.05) is 46.6 Å². The maximum absolute atomic E-state index is 2.31. The Bertz CT molecular complexity index is 40.5. The Labute approximate surface area is 408 Å². The van der Waals surface area contributed by atoms with Crippen LogP contribution in [0.2, 0.25) is 46.6 Å². The summed E-state index contributed by atoms with van der Waals surface area (Å²) >= 11 is 18.5. The van der Waals surface area contributed by atoms with Crippen LogP contribution in [0.25, 0.3) is 0 Å². The Balaban J connectivity index is -0.00000000167. The summed E-state index contributed by atoms with van der Waals surface area (Å²) in [5, 5.41) is 0. The summed E-state index contributed by atoms with van der Waals surface area (Å²) in [4.78, 5) is 0. The molecule has 0 aromatic heterocycles. The minimum absolute atomic E-state index is 0. The SMILES string of the molecule is C[SeH].C[SeH].C[SeH].C[SeH].C[SeH].C[SeH].C[SeH].C[SeH].[Hg].[Hg].[Hg].[Hg].[Hg].[Hg].[Hg].[SeH].[SeH].[SeH]. The molecule has 0 atom stereocenters. The number of hydrogen-bond acceptors (Lipinski definition) is 0. The molecule has 0 aliphatic carbocycles. The van der Waals surface area contributed by atoms with Gasteiger partial charge in [-0.15, -0.1) is 0 Å². The Kier molecular flexibility index (Phi) is 1620. The molecule has 0 aromatic rings. The summed E-state index contributed by atoms with van der Waals surface area (Å²) in [6.45, 7) is 0. The zero-order valence-corrected chi connectivity index (χ0v) is 77.0. The average Bonchev–Trinajstić information content (AvgIpc) is 2.54. The molecule has 18 heteroatoms. The molecule has 147 valence electrons. The molecule has 0 aromatic carbocycles. The van der Waals surface area contributed by atoms with Crippen LogP contribution < -0.4 is 0 Å². The second kappa shape index (κ2) is 326. The van der Waals surface area contributed by atoms with Gasteiger partial charge < -0.3 is 0 Å². The van der Waals surface area contributed by atoms with Crippen molar-refractivity contribution in [2.45, 2.75) is 46.6 Å². The Morgan fingerprint density at radius 3 is 0.192 bits per heavy atom. The average molecular weight is 2400 g/mol. The van der Waals surface area contributed by atoms with E-state index in [2.05, 4.69) is 128 Å². The summed E-state index contributed by atoms with van der Waals surface area (Å²) in [6.07, 6.45) is 0. The zero-order valence-electron chi connectivity index (χ0n) is 17.9. The van der Waals surface area contributed by atoms with Crippen LogP contribution in [0.15, 0.2) is 0 Å². The first-order chi connectivity index (χ1) is 8.00. The van der Waals surface area contributed by atoms with Gasteiger partial charge in [0.2, 0.25) is 0 Å². The van der Waals surface area contributed by atoms with Crippen LogP contribution >= 0.6 is 0 Å². The normalized spacial score (nSPS) is 1.85. The predicted octanol–water partition coefficient (Wildman–Crippen LogP) is -2.48. The van der Waals surface area contributed by atoms with Gasteiger partial charge in [-0.2, -0.15) is 0 Å². The molecule has 26 heavy (non-hydrogen) atoms. The maximum atomic E-state index is 2.31. The van der Waals surface area contributed by atoms with Crippen molar-refractivity contribution in [3.8, 4) is 0 Å². The third kappa shape index (κ3) is 300. The van der Waals surface area contributed by atoms with Crippen molar-refractivity contribution in [2.75, 3.05) is 0 Å². The van der Waals surface area contributed by atoms with Crippen LogP contribution in [0, 0.1) is 0 Å². The molecule has 0 bridgehead atoms. The van der Waals surface area contributed by atoms with E-state index in [1.54, 1.807) is 0 Å². The van der Waals surface area contributed by atoms with E-state index in [0.717, 1.165) is 0 Å². The fourth-order valence-corrected chi connectivity index (χ4v) is 0. The first-order valence-electron chi connectivity index (χ1n) is 3.58. The molecule has 0 heterocycles. The summed E-state index contributed by atoms with van der Waals surface area (Å²) in [7, 11) is 0. The van der Waals surface area contributed by atoms with Crippen LogP contribution in [0.5, 0.6) is 0 Å². The van der Waals surface area contributed by atoms with Crippen molar-refractivity contribution in [1.82, 2.24) is 0 Å². The third-order valence-electron chi connectivity index (χ3n) is 0. The summed E-state index contributed by atoms with van der Waals surface area (Å²) in [5.74, 6) is 15.5. The van der Waals surface area contributed by atoms with Gasteiger partial charge in [0, 0.05) is 194 Å². The molecule has 0 saturated heterocycles. The third-order valence-corrected chi connectivity index (χ3v) is 0. The van der Waals surface area contributed by atoms with Crippen LogP contribution in [-0.4, -0.2) is 179 Å². The van der Waals surface area contributed by atoms with Gasteiger partial charge in [-0.25, -0.2) is 0 Å². The molecule has 0 unspecified atom stereocenters. The topological polar surface area (TPSA) is 0 Å². The van der Waals surface area contributed by atoms with Crippen molar-refractivity contribution in [3.05, 3.63) is 0 Å². The Morgan fingerprint density at radius 2 is 0.192 bits per heavy atom. The molecule has 0 rings (SSSR count). The number of rotatable bonds is 0. The van der Waals surface area contributed by atoms with Crippen LogP contribution in [0.3, 0.4) is 0 Å². The van der Waals surface area contributed by atoms with Crippen molar-refractivity contribution >= 4 is 179 Å². The molecular formula is C8H35Hg7Se11. The molecule has 0 N–H and O–H groups in total. The van der Waals surface area contributed by atoms with Gasteiger partial charge in [-0.05, 0) is 0 Å². The van der Waals surface area contributed by atoms with Gasteiger partial charge >= 0.3 is 226 Å². The van der Waals surface area contributed by atoms with Crippen LogP contribution in [-0.2, 0) is 194 Å². The van der Waals surface area contributed by atoms with Crippen molar-refractivity contribution in [1.29, 1.82) is 0 Å². The van der Waals surface area contributed by atoms with Crippen molar-refractivity contribution in [2.24, 2.45) is 0 Å². The van der Waals surface area contributed by atoms with E-state index in [4.69, 9.17) is 0 Å². The van der Waals surface area contributed by atoms with E-state index in [1.165, 1.54) is 0 Å². The molecule has 0 amide bonds. The summed E-state index contributed by atoms with van der Waals surface area (Å²) in [5.41, 5.74) is 0. The van der Waals surface area contributed by atoms with Gasteiger partial charge in [0.15, 0.2) is 0 Å². The van der Waals surface area contributed by atoms with Crippen molar-refractivity contribution in [3.63, 3.8) is 0 Å². The van der Waals surface area contributed by atoms with E-state index >= 15 is 0 Å². The van der Waals surface area contributed by atoms with Gasteiger partial charge in [0.05, 0.1) is 0 Å². The molecule has 3 radical (unpaired) electrons. The van der Waals surface area contributed by atoms with E-state index < -0.39 is 0 Å². The van der Waals surface area contributed by atoms with E-state index in [9.17, 15) is 0 Å². The summed E-state index contributed by atoms with van der Waals surface area (Å²) in [6, 6.07) is 0. The second-order valence-corrected chi connectivity index (χ2v) is 0. The van der Waals surface area contributed by atoms with Gasteiger partial charge in [-0.3, -0.25) is 0 Å². The molecule has 0 nitrogen and oxygen atoms in total. The van der Waals surface area contributed by atoms with Gasteiger partial charge in [0.25, 0.3) is 0 Å². The number of hydrogen-bond donors (Lipinski definition) is 0. The quantitative estimate of drug-likeness (QED) is 0.237. The standard InChI is InChI=1S/8CH4Se.7Hg.3HSe/c8*1-2;;;;;;;;;;/h8*2H,1H3;;;;;;;;3*1H. The first kappa shape index (κ1) is 129. The molecule has 0 fully saturated rings. The Hall–Kier alpha value is 12.3. The molecule has 0 saturated carbocycles. The minimum atomic E-state index is 0. The first-order valence-corrected chi connectivity index (χ1v) is 18.6. The summed E-state index contributed by atoms with van der Waals surface area (Å²) < 4.78 is 0. The van der Waals surface area contributed by atoms with Gasteiger partial charge in [0.1, 0.15) is 0 Å². The van der Waals surface area contributed by atoms with Gasteiger partial charge in [-0.1, -0.05) is 0 Å². The monoisotopic (exact) mass is 2420 g/mol. The second-order valence-electron chi connectivity index (χ2n) is 0.